The molecule has 1 aliphatic heterocycles. The van der Waals surface area contributed by atoms with E-state index in [1.807, 2.05) is 6.92 Å². The fraction of sp³-hybridized carbons (Fsp3) is 0.750. The summed E-state index contributed by atoms with van der Waals surface area (Å²) in [5.41, 5.74) is -0.238. The zero-order valence-corrected chi connectivity index (χ0v) is 6.64. The first-order chi connectivity index (χ1) is 4.69. The van der Waals surface area contributed by atoms with Gasteiger partial charge in [-0.2, -0.15) is 0 Å². The molecule has 0 N–H and O–H groups in total. The largest absolute Gasteiger partial charge is 0.493 e. The van der Waals surface area contributed by atoms with Crippen molar-refractivity contribution in [3.63, 3.8) is 0 Å². The van der Waals surface area contributed by atoms with Crippen molar-refractivity contribution in [2.75, 3.05) is 13.2 Å². The number of rotatable bonds is 1. The molecule has 0 aliphatic carbocycles. The summed E-state index contributed by atoms with van der Waals surface area (Å²) < 4.78 is 10.8. The van der Waals surface area contributed by atoms with Crippen LogP contribution in [0.25, 0.3) is 0 Å². The molecule has 0 saturated carbocycles. The van der Waals surface area contributed by atoms with Gasteiger partial charge in [0.1, 0.15) is 18.0 Å². The molecule has 0 aromatic rings. The zero-order chi connectivity index (χ0) is 7.61. The van der Waals surface area contributed by atoms with Crippen LogP contribution in [-0.2, 0) is 9.47 Å². The first kappa shape index (κ1) is 7.61. The van der Waals surface area contributed by atoms with Crippen LogP contribution < -0.4 is 0 Å². The Kier molecular flexibility index (Phi) is 2.00. The fourth-order valence-corrected chi connectivity index (χ4v) is 0.964. The van der Waals surface area contributed by atoms with Gasteiger partial charge in [0.05, 0.1) is 6.61 Å². The van der Waals surface area contributed by atoms with Gasteiger partial charge in [-0.25, -0.2) is 0 Å². The fourth-order valence-electron chi connectivity index (χ4n) is 0.964. The highest BCUT2D eigenvalue weighted by Gasteiger charge is 2.31. The highest BCUT2D eigenvalue weighted by atomic mass is 16.6. The van der Waals surface area contributed by atoms with Gasteiger partial charge in [-0.1, -0.05) is 13.5 Å². The molecule has 58 valence electrons. The maximum atomic E-state index is 5.50. The highest BCUT2D eigenvalue weighted by molar-refractivity contribution is 5.04. The van der Waals surface area contributed by atoms with Gasteiger partial charge in [0.25, 0.3) is 0 Å². The van der Waals surface area contributed by atoms with E-state index in [0.29, 0.717) is 13.2 Å². The van der Waals surface area contributed by atoms with Crippen molar-refractivity contribution in [1.82, 2.24) is 0 Å². The molecule has 1 heterocycles. The Hall–Kier alpha value is -0.500. The molecule has 0 aromatic heterocycles. The standard InChI is InChI=1S/C8H14O2/c1-4-8(3)7(2)9-5-6-10-8/h2,4-6H2,1,3H3. The summed E-state index contributed by atoms with van der Waals surface area (Å²) in [5, 5.41) is 0. The van der Waals surface area contributed by atoms with Crippen molar-refractivity contribution >= 4 is 0 Å². The second kappa shape index (κ2) is 2.62. The van der Waals surface area contributed by atoms with Crippen LogP contribution in [0.2, 0.25) is 0 Å². The van der Waals surface area contributed by atoms with Crippen molar-refractivity contribution in [2.24, 2.45) is 0 Å². The van der Waals surface area contributed by atoms with E-state index in [0.717, 1.165) is 12.2 Å². The Morgan fingerprint density at radius 3 is 2.70 bits per heavy atom. The monoisotopic (exact) mass is 142 g/mol. The van der Waals surface area contributed by atoms with E-state index < -0.39 is 0 Å². The molecule has 0 amide bonds. The molecule has 0 radical (unpaired) electrons. The van der Waals surface area contributed by atoms with Gasteiger partial charge >= 0.3 is 0 Å². The molecule has 2 heteroatoms. The molecule has 2 nitrogen and oxygen atoms in total. The summed E-state index contributed by atoms with van der Waals surface area (Å²) in [4.78, 5) is 0. The maximum absolute atomic E-state index is 5.50. The van der Waals surface area contributed by atoms with Crippen molar-refractivity contribution in [2.45, 2.75) is 25.9 Å². The predicted molar refractivity (Wildman–Crippen MR) is 39.7 cm³/mol. The van der Waals surface area contributed by atoms with E-state index in [1.54, 1.807) is 0 Å². The second-order valence-electron chi connectivity index (χ2n) is 2.70. The van der Waals surface area contributed by atoms with Crippen LogP contribution in [0.5, 0.6) is 0 Å². The number of hydrogen-bond donors (Lipinski definition) is 0. The predicted octanol–water partition coefficient (Wildman–Crippen LogP) is 1.72. The lowest BCUT2D eigenvalue weighted by Crippen LogP contribution is -2.37. The summed E-state index contributed by atoms with van der Waals surface area (Å²) in [5.74, 6) is 0.765. The van der Waals surface area contributed by atoms with Gasteiger partial charge in [-0.15, -0.1) is 0 Å². The first-order valence-corrected chi connectivity index (χ1v) is 3.65. The third-order valence-electron chi connectivity index (χ3n) is 2.04. The summed E-state index contributed by atoms with van der Waals surface area (Å²) in [6, 6.07) is 0. The molecule has 0 bridgehead atoms. The molecule has 1 fully saturated rings. The average molecular weight is 142 g/mol. The van der Waals surface area contributed by atoms with Crippen molar-refractivity contribution < 1.29 is 9.47 Å². The van der Waals surface area contributed by atoms with Crippen LogP contribution in [0.15, 0.2) is 12.3 Å². The summed E-state index contributed by atoms with van der Waals surface area (Å²) in [6.45, 7) is 9.20. The van der Waals surface area contributed by atoms with E-state index in [1.165, 1.54) is 0 Å². The third-order valence-corrected chi connectivity index (χ3v) is 2.04. The van der Waals surface area contributed by atoms with Gasteiger partial charge < -0.3 is 9.47 Å². The van der Waals surface area contributed by atoms with Crippen LogP contribution in [0.4, 0.5) is 0 Å². The van der Waals surface area contributed by atoms with Crippen LogP contribution in [0, 0.1) is 0 Å². The number of ether oxygens (including phenoxy) is 2. The molecule has 1 atom stereocenters. The van der Waals surface area contributed by atoms with Crippen molar-refractivity contribution in [3.8, 4) is 0 Å². The van der Waals surface area contributed by atoms with E-state index in [9.17, 15) is 0 Å². The number of hydrogen-bond acceptors (Lipinski definition) is 2. The van der Waals surface area contributed by atoms with Gasteiger partial charge in [-0.05, 0) is 13.3 Å². The first-order valence-electron chi connectivity index (χ1n) is 3.65. The quantitative estimate of drug-likeness (QED) is 0.555. The SMILES string of the molecule is C=C1OCCOC1(C)CC. The minimum atomic E-state index is -0.238. The topological polar surface area (TPSA) is 18.5 Å². The lowest BCUT2D eigenvalue weighted by Gasteiger charge is -2.34. The molecule has 1 rings (SSSR count). The van der Waals surface area contributed by atoms with Gasteiger partial charge in [0.2, 0.25) is 0 Å². The molecule has 0 aromatic carbocycles. The lowest BCUT2D eigenvalue weighted by molar-refractivity contribution is -0.103. The molecule has 0 spiro atoms. The highest BCUT2D eigenvalue weighted by Crippen LogP contribution is 2.27. The summed E-state index contributed by atoms with van der Waals surface area (Å²) in [6.07, 6.45) is 0.922. The minimum absolute atomic E-state index is 0.238. The molecular formula is C8H14O2. The Morgan fingerprint density at radius 2 is 2.30 bits per heavy atom. The Labute approximate surface area is 61.8 Å². The van der Waals surface area contributed by atoms with Crippen LogP contribution >= 0.6 is 0 Å². The lowest BCUT2D eigenvalue weighted by atomic mass is 10.0. The summed E-state index contributed by atoms with van der Waals surface area (Å²) >= 11 is 0. The van der Waals surface area contributed by atoms with Crippen LogP contribution in [-0.4, -0.2) is 18.8 Å². The molecule has 10 heavy (non-hydrogen) atoms. The molecular weight excluding hydrogens is 128 g/mol. The average Bonchev–Trinajstić information content (AvgIpc) is 1.96. The Balaban J connectivity index is 2.63. The second-order valence-corrected chi connectivity index (χ2v) is 2.70. The minimum Gasteiger partial charge on any atom is -0.493 e. The normalized spacial score (nSPS) is 33.6. The Bertz CT molecular complexity index is 142. The van der Waals surface area contributed by atoms with Gasteiger partial charge in [0, 0.05) is 0 Å². The van der Waals surface area contributed by atoms with E-state index in [-0.39, 0.29) is 5.60 Å². The van der Waals surface area contributed by atoms with Crippen LogP contribution in [0.3, 0.4) is 0 Å². The zero-order valence-electron chi connectivity index (χ0n) is 6.64. The molecule has 1 aliphatic rings. The van der Waals surface area contributed by atoms with E-state index in [4.69, 9.17) is 9.47 Å². The maximum Gasteiger partial charge on any atom is 0.121 e. The molecule has 1 unspecified atom stereocenters. The Morgan fingerprint density at radius 1 is 1.60 bits per heavy atom. The van der Waals surface area contributed by atoms with Gasteiger partial charge in [0.15, 0.2) is 0 Å². The van der Waals surface area contributed by atoms with Crippen LogP contribution in [0.1, 0.15) is 20.3 Å². The van der Waals surface area contributed by atoms with Crippen molar-refractivity contribution in [1.29, 1.82) is 0 Å². The van der Waals surface area contributed by atoms with E-state index in [2.05, 4.69) is 13.5 Å². The van der Waals surface area contributed by atoms with E-state index >= 15 is 0 Å². The van der Waals surface area contributed by atoms with Crippen molar-refractivity contribution in [3.05, 3.63) is 12.3 Å². The summed E-state index contributed by atoms with van der Waals surface area (Å²) in [7, 11) is 0. The van der Waals surface area contributed by atoms with Gasteiger partial charge in [-0.3, -0.25) is 0 Å². The third kappa shape index (κ3) is 1.16. The smallest absolute Gasteiger partial charge is 0.121 e. The molecule has 1 saturated heterocycles.